The molecule has 1 aromatic carbocycles. The first-order valence-electron chi connectivity index (χ1n) is 7.41. The van der Waals surface area contributed by atoms with E-state index in [1.54, 1.807) is 31.4 Å². The number of methoxy groups -OCH3 is 1. The quantitative estimate of drug-likeness (QED) is 0.864. The number of rotatable bonds is 6. The molecule has 0 radical (unpaired) electrons. The van der Waals surface area contributed by atoms with E-state index < -0.39 is 10.0 Å². The van der Waals surface area contributed by atoms with Crippen LogP contribution in [0.1, 0.15) is 19.8 Å². The summed E-state index contributed by atoms with van der Waals surface area (Å²) >= 11 is 0. The van der Waals surface area contributed by atoms with Crippen LogP contribution < -0.4 is 10.1 Å². The van der Waals surface area contributed by atoms with Crippen molar-refractivity contribution in [2.45, 2.75) is 36.7 Å². The fraction of sp³-hybridized carbons (Fsp3) is 0.600. The van der Waals surface area contributed by atoms with Gasteiger partial charge in [-0.25, -0.2) is 8.42 Å². The minimum Gasteiger partial charge on any atom is -0.497 e. The normalized spacial score (nSPS) is 21.8. The number of ether oxygens (including phenoxy) is 1. The van der Waals surface area contributed by atoms with Crippen molar-refractivity contribution < 1.29 is 13.2 Å². The van der Waals surface area contributed by atoms with Gasteiger partial charge in [-0.3, -0.25) is 0 Å². The van der Waals surface area contributed by atoms with Crippen LogP contribution >= 0.6 is 0 Å². The van der Waals surface area contributed by atoms with Gasteiger partial charge in [0.15, 0.2) is 0 Å². The zero-order valence-electron chi connectivity index (χ0n) is 12.5. The van der Waals surface area contributed by atoms with E-state index in [9.17, 15) is 8.42 Å². The van der Waals surface area contributed by atoms with Gasteiger partial charge in [0.1, 0.15) is 5.75 Å². The van der Waals surface area contributed by atoms with E-state index >= 15 is 0 Å². The van der Waals surface area contributed by atoms with E-state index in [1.165, 1.54) is 17.1 Å². The zero-order chi connectivity index (χ0) is 15.0. The van der Waals surface area contributed by atoms with Crippen molar-refractivity contribution in [3.05, 3.63) is 24.3 Å². The lowest BCUT2D eigenvalue weighted by atomic mass is 10.1. The molecule has 3 rings (SSSR count). The first-order valence-corrected chi connectivity index (χ1v) is 8.85. The van der Waals surface area contributed by atoms with E-state index in [4.69, 9.17) is 4.74 Å². The Morgan fingerprint density at radius 3 is 2.38 bits per heavy atom. The van der Waals surface area contributed by atoms with Crippen LogP contribution in [-0.2, 0) is 10.0 Å². The van der Waals surface area contributed by atoms with Crippen molar-refractivity contribution >= 4 is 10.0 Å². The van der Waals surface area contributed by atoms with Gasteiger partial charge < -0.3 is 10.1 Å². The molecule has 6 heteroatoms. The molecule has 116 valence electrons. The van der Waals surface area contributed by atoms with Crippen LogP contribution in [0.25, 0.3) is 0 Å². The number of nitrogens with zero attached hydrogens (tertiary/aromatic N) is 1. The second-order valence-corrected chi connectivity index (χ2v) is 7.93. The second-order valence-electron chi connectivity index (χ2n) is 5.99. The maximum absolute atomic E-state index is 12.4. The lowest BCUT2D eigenvalue weighted by Gasteiger charge is -2.40. The molecule has 1 unspecified atom stereocenters. The van der Waals surface area contributed by atoms with Crippen molar-refractivity contribution in [1.29, 1.82) is 0 Å². The molecule has 2 fully saturated rings. The fourth-order valence-corrected chi connectivity index (χ4v) is 4.27. The lowest BCUT2D eigenvalue weighted by molar-refractivity contribution is 0.208. The number of hydrogen-bond donors (Lipinski definition) is 1. The lowest BCUT2D eigenvalue weighted by Crippen LogP contribution is -2.61. The number of benzene rings is 1. The summed E-state index contributed by atoms with van der Waals surface area (Å²) in [5, 5.41) is 3.52. The molecule has 1 aromatic rings. The van der Waals surface area contributed by atoms with E-state index in [1.807, 2.05) is 0 Å². The molecule has 5 nitrogen and oxygen atoms in total. The van der Waals surface area contributed by atoms with Crippen LogP contribution in [0.3, 0.4) is 0 Å². The van der Waals surface area contributed by atoms with E-state index in [2.05, 4.69) is 12.2 Å². The summed E-state index contributed by atoms with van der Waals surface area (Å²) in [6, 6.07) is 7.34. The van der Waals surface area contributed by atoms with Gasteiger partial charge in [-0.2, -0.15) is 4.31 Å². The average molecular weight is 310 g/mol. The molecule has 1 atom stereocenters. The molecule has 2 aliphatic rings. The standard InChI is InChI=1S/C15H22N2O3S/c1-11(12-3-4-12)16-13-9-17(10-13)21(18,19)15-7-5-14(20-2)6-8-15/h5-8,11-13,16H,3-4,9-10H2,1-2H3. The molecule has 0 spiro atoms. The summed E-state index contributed by atoms with van der Waals surface area (Å²) < 4.78 is 31.5. The highest BCUT2D eigenvalue weighted by atomic mass is 32.2. The first kappa shape index (κ1) is 14.8. The summed E-state index contributed by atoms with van der Waals surface area (Å²) in [5.74, 6) is 1.45. The molecule has 0 bridgehead atoms. The number of hydrogen-bond acceptors (Lipinski definition) is 4. The number of sulfonamides is 1. The van der Waals surface area contributed by atoms with E-state index in [0.29, 0.717) is 29.8 Å². The Morgan fingerprint density at radius 2 is 1.86 bits per heavy atom. The highest BCUT2D eigenvalue weighted by Gasteiger charge is 2.39. The maximum Gasteiger partial charge on any atom is 0.243 e. The third-order valence-electron chi connectivity index (χ3n) is 4.37. The molecular weight excluding hydrogens is 288 g/mol. The van der Waals surface area contributed by atoms with Crippen LogP contribution in [-0.4, -0.2) is 45.0 Å². The third-order valence-corrected chi connectivity index (χ3v) is 6.22. The summed E-state index contributed by atoms with van der Waals surface area (Å²) in [7, 11) is -1.80. The topological polar surface area (TPSA) is 58.6 Å². The summed E-state index contributed by atoms with van der Waals surface area (Å²) in [4.78, 5) is 0.331. The third kappa shape index (κ3) is 3.07. The predicted molar refractivity (Wildman–Crippen MR) is 80.9 cm³/mol. The van der Waals surface area contributed by atoms with Crippen molar-refractivity contribution in [2.75, 3.05) is 20.2 Å². The second kappa shape index (κ2) is 5.59. The maximum atomic E-state index is 12.4. The summed E-state index contributed by atoms with van der Waals surface area (Å²) in [6.07, 6.45) is 2.60. The molecule has 1 saturated carbocycles. The highest BCUT2D eigenvalue weighted by molar-refractivity contribution is 7.89. The van der Waals surface area contributed by atoms with Gasteiger partial charge in [-0.15, -0.1) is 0 Å². The van der Waals surface area contributed by atoms with Crippen LogP contribution in [0.4, 0.5) is 0 Å². The van der Waals surface area contributed by atoms with Crippen LogP contribution in [0.15, 0.2) is 29.2 Å². The van der Waals surface area contributed by atoms with Crippen LogP contribution in [0.2, 0.25) is 0 Å². The van der Waals surface area contributed by atoms with Crippen LogP contribution in [0, 0.1) is 5.92 Å². The first-order chi connectivity index (χ1) is 10.0. The predicted octanol–water partition coefficient (Wildman–Crippen LogP) is 1.46. The van der Waals surface area contributed by atoms with Crippen molar-refractivity contribution in [3.63, 3.8) is 0 Å². The Balaban J connectivity index is 1.58. The van der Waals surface area contributed by atoms with Gasteiger partial charge in [0, 0.05) is 25.2 Å². The van der Waals surface area contributed by atoms with E-state index in [-0.39, 0.29) is 6.04 Å². The molecule has 0 amide bonds. The van der Waals surface area contributed by atoms with Gasteiger partial charge >= 0.3 is 0 Å². The molecule has 1 N–H and O–H groups in total. The van der Waals surface area contributed by atoms with Crippen molar-refractivity contribution in [1.82, 2.24) is 9.62 Å². The molecule has 1 saturated heterocycles. The molecule has 1 heterocycles. The van der Waals surface area contributed by atoms with Gasteiger partial charge in [-0.1, -0.05) is 0 Å². The number of nitrogens with one attached hydrogen (secondary N) is 1. The smallest absolute Gasteiger partial charge is 0.243 e. The van der Waals surface area contributed by atoms with Gasteiger partial charge in [-0.05, 0) is 49.9 Å². The summed E-state index contributed by atoms with van der Waals surface area (Å²) in [6.45, 7) is 3.31. The minimum absolute atomic E-state index is 0.286. The Labute approximate surface area is 126 Å². The average Bonchev–Trinajstić information content (AvgIpc) is 3.26. The van der Waals surface area contributed by atoms with Gasteiger partial charge in [0.05, 0.1) is 12.0 Å². The molecular formula is C15H22N2O3S. The Hall–Kier alpha value is -1.11. The Kier molecular flexibility index (Phi) is 3.94. The fourth-order valence-electron chi connectivity index (χ4n) is 2.74. The SMILES string of the molecule is COc1ccc(S(=O)(=O)N2CC(NC(C)C3CC3)C2)cc1. The largest absolute Gasteiger partial charge is 0.497 e. The molecule has 1 aliphatic carbocycles. The van der Waals surface area contributed by atoms with E-state index in [0.717, 1.165) is 5.92 Å². The van der Waals surface area contributed by atoms with Gasteiger partial charge in [0.2, 0.25) is 10.0 Å². The minimum atomic E-state index is -3.36. The Morgan fingerprint density at radius 1 is 1.24 bits per heavy atom. The van der Waals surface area contributed by atoms with Crippen LogP contribution in [0.5, 0.6) is 5.75 Å². The highest BCUT2D eigenvalue weighted by Crippen LogP contribution is 2.33. The molecule has 21 heavy (non-hydrogen) atoms. The monoisotopic (exact) mass is 310 g/mol. The summed E-state index contributed by atoms with van der Waals surface area (Å²) in [5.41, 5.74) is 0. The molecule has 0 aromatic heterocycles. The van der Waals surface area contributed by atoms with Crippen molar-refractivity contribution in [2.24, 2.45) is 5.92 Å². The van der Waals surface area contributed by atoms with Crippen molar-refractivity contribution in [3.8, 4) is 5.75 Å². The molecule has 1 aliphatic heterocycles. The zero-order valence-corrected chi connectivity index (χ0v) is 13.3. The Bertz CT molecular complexity index is 590. The van der Waals surface area contributed by atoms with Gasteiger partial charge in [0.25, 0.3) is 0 Å².